The number of nitrogens with one attached hydrogen (secondary N) is 2. The van der Waals surface area contributed by atoms with E-state index in [4.69, 9.17) is 4.74 Å². The van der Waals surface area contributed by atoms with Gasteiger partial charge in [-0.3, -0.25) is 9.59 Å². The van der Waals surface area contributed by atoms with E-state index in [1.165, 1.54) is 18.2 Å². The van der Waals surface area contributed by atoms with Crippen LogP contribution < -0.4 is 15.4 Å². The second kappa shape index (κ2) is 9.68. The van der Waals surface area contributed by atoms with Crippen LogP contribution in [0.3, 0.4) is 0 Å². The molecule has 0 aliphatic heterocycles. The molecule has 0 saturated heterocycles. The fraction of sp³-hybridized carbons (Fsp3) is 0.300. The van der Waals surface area contributed by atoms with E-state index in [0.29, 0.717) is 6.54 Å². The Labute approximate surface area is 158 Å². The highest BCUT2D eigenvalue weighted by Gasteiger charge is 2.19. The van der Waals surface area contributed by atoms with Crippen LogP contribution in [-0.2, 0) is 4.79 Å². The number of rotatable bonds is 8. The highest BCUT2D eigenvalue weighted by Crippen LogP contribution is 2.27. The zero-order valence-electron chi connectivity index (χ0n) is 15.7. The van der Waals surface area contributed by atoms with Gasteiger partial charge in [0.05, 0.1) is 19.7 Å². The van der Waals surface area contributed by atoms with Crippen LogP contribution in [0, 0.1) is 5.82 Å². The number of carbonyl (C=O) groups excluding carboxylic acids is 2. The third kappa shape index (κ3) is 5.79. The average molecular weight is 373 g/mol. The van der Waals surface area contributed by atoms with Crippen molar-refractivity contribution in [3.63, 3.8) is 0 Å². The molecule has 144 valence electrons. The van der Waals surface area contributed by atoms with Gasteiger partial charge in [-0.05, 0) is 38.4 Å². The summed E-state index contributed by atoms with van der Waals surface area (Å²) in [6, 6.07) is 12.8. The summed E-state index contributed by atoms with van der Waals surface area (Å²) >= 11 is 0. The Bertz CT molecular complexity index is 796. The maximum Gasteiger partial charge on any atom is 0.251 e. The minimum absolute atomic E-state index is 0.0935. The lowest BCUT2D eigenvalue weighted by atomic mass is 10.0. The summed E-state index contributed by atoms with van der Waals surface area (Å²) < 4.78 is 18.6. The first-order chi connectivity index (χ1) is 12.9. The number of halogens is 1. The van der Waals surface area contributed by atoms with Gasteiger partial charge in [0, 0.05) is 17.7 Å². The van der Waals surface area contributed by atoms with Crippen LogP contribution in [0.4, 0.5) is 4.39 Å². The van der Waals surface area contributed by atoms with Gasteiger partial charge in [0.1, 0.15) is 11.6 Å². The Morgan fingerprint density at radius 1 is 1.11 bits per heavy atom. The number of likely N-dealkylation sites (N-methyl/N-ethyl adjacent to an activating group) is 1. The molecule has 2 rings (SSSR count). The first-order valence-corrected chi connectivity index (χ1v) is 8.52. The van der Waals surface area contributed by atoms with E-state index in [1.807, 2.05) is 43.3 Å². The number of nitrogens with zero attached hydrogens (tertiary/aromatic N) is 1. The highest BCUT2D eigenvalue weighted by molar-refractivity contribution is 5.96. The minimum atomic E-state index is -0.502. The van der Waals surface area contributed by atoms with Gasteiger partial charge < -0.3 is 20.3 Å². The molecule has 6 nitrogen and oxygen atoms in total. The summed E-state index contributed by atoms with van der Waals surface area (Å²) in [4.78, 5) is 26.1. The summed E-state index contributed by atoms with van der Waals surface area (Å²) in [6.45, 7) is 0.156. The van der Waals surface area contributed by atoms with Crippen LogP contribution in [0.2, 0.25) is 0 Å². The van der Waals surface area contributed by atoms with Crippen molar-refractivity contribution in [1.29, 1.82) is 0 Å². The number of ether oxygens (including phenoxy) is 1. The van der Waals surface area contributed by atoms with E-state index in [1.54, 1.807) is 7.11 Å². The second-order valence-corrected chi connectivity index (χ2v) is 6.22. The van der Waals surface area contributed by atoms with Crippen LogP contribution in [0.15, 0.2) is 48.5 Å². The monoisotopic (exact) mass is 373 g/mol. The van der Waals surface area contributed by atoms with Crippen molar-refractivity contribution >= 4 is 11.8 Å². The van der Waals surface area contributed by atoms with Gasteiger partial charge in [0.15, 0.2) is 0 Å². The van der Waals surface area contributed by atoms with Crippen LogP contribution in [0.25, 0.3) is 0 Å². The Hall–Kier alpha value is -2.93. The number of hydrogen-bond acceptors (Lipinski definition) is 4. The van der Waals surface area contributed by atoms with Crippen molar-refractivity contribution in [2.24, 2.45) is 0 Å². The molecular weight excluding hydrogens is 349 g/mol. The molecule has 1 atom stereocenters. The third-order valence-electron chi connectivity index (χ3n) is 4.11. The van der Waals surface area contributed by atoms with E-state index in [2.05, 4.69) is 10.6 Å². The molecule has 0 aliphatic carbocycles. The van der Waals surface area contributed by atoms with Gasteiger partial charge >= 0.3 is 0 Å². The average Bonchev–Trinajstić information content (AvgIpc) is 2.66. The summed E-state index contributed by atoms with van der Waals surface area (Å²) in [7, 11) is 5.43. The van der Waals surface area contributed by atoms with Crippen molar-refractivity contribution in [1.82, 2.24) is 15.5 Å². The van der Waals surface area contributed by atoms with E-state index in [0.717, 1.165) is 17.4 Å². The maximum atomic E-state index is 13.2. The number of benzene rings is 2. The first-order valence-electron chi connectivity index (χ1n) is 8.52. The standard InChI is InChI=1S/C20H24FN3O3/c1-24(2)17(16-9-4-5-10-18(16)27-3)12-22-19(25)13-23-20(26)14-7-6-8-15(21)11-14/h4-11,17H,12-13H2,1-3H3,(H,22,25)(H,23,26). The first kappa shape index (κ1) is 20.4. The fourth-order valence-corrected chi connectivity index (χ4v) is 2.68. The van der Waals surface area contributed by atoms with E-state index >= 15 is 0 Å². The normalized spacial score (nSPS) is 11.7. The lowest BCUT2D eigenvalue weighted by Crippen LogP contribution is -2.40. The van der Waals surface area contributed by atoms with Crippen molar-refractivity contribution < 1.29 is 18.7 Å². The summed E-state index contributed by atoms with van der Waals surface area (Å²) in [5, 5.41) is 5.29. The number of para-hydroxylation sites is 1. The molecule has 0 spiro atoms. The molecule has 7 heteroatoms. The van der Waals surface area contributed by atoms with Gasteiger partial charge in [0.2, 0.25) is 5.91 Å². The SMILES string of the molecule is COc1ccccc1C(CNC(=O)CNC(=O)c1cccc(F)c1)N(C)C. The van der Waals surface area contributed by atoms with Crippen molar-refractivity contribution in [2.75, 3.05) is 34.3 Å². The van der Waals surface area contributed by atoms with Crippen molar-refractivity contribution in [3.05, 3.63) is 65.5 Å². The Balaban J connectivity index is 1.91. The number of hydrogen-bond donors (Lipinski definition) is 2. The van der Waals surface area contributed by atoms with Crippen LogP contribution >= 0.6 is 0 Å². The molecule has 0 bridgehead atoms. The lowest BCUT2D eigenvalue weighted by Gasteiger charge is -2.26. The second-order valence-electron chi connectivity index (χ2n) is 6.22. The molecule has 2 N–H and O–H groups in total. The van der Waals surface area contributed by atoms with Crippen molar-refractivity contribution in [3.8, 4) is 5.75 Å². The molecule has 27 heavy (non-hydrogen) atoms. The van der Waals surface area contributed by atoms with Gasteiger partial charge in [-0.15, -0.1) is 0 Å². The fourth-order valence-electron chi connectivity index (χ4n) is 2.68. The highest BCUT2D eigenvalue weighted by atomic mass is 19.1. The smallest absolute Gasteiger partial charge is 0.251 e. The minimum Gasteiger partial charge on any atom is -0.496 e. The molecule has 0 saturated carbocycles. The molecule has 2 amide bonds. The predicted molar refractivity (Wildman–Crippen MR) is 101 cm³/mol. The topological polar surface area (TPSA) is 70.7 Å². The zero-order chi connectivity index (χ0) is 19.8. The number of methoxy groups -OCH3 is 1. The number of amides is 2. The molecule has 0 radical (unpaired) electrons. The molecular formula is C20H24FN3O3. The summed E-state index contributed by atoms with van der Waals surface area (Å²) in [6.07, 6.45) is 0. The Morgan fingerprint density at radius 3 is 2.52 bits per heavy atom. The molecule has 0 aliphatic rings. The third-order valence-corrected chi connectivity index (χ3v) is 4.11. The number of carbonyl (C=O) groups is 2. The van der Waals surface area contributed by atoms with E-state index in [9.17, 15) is 14.0 Å². The predicted octanol–water partition coefficient (Wildman–Crippen LogP) is 1.98. The van der Waals surface area contributed by atoms with Crippen molar-refractivity contribution in [2.45, 2.75) is 6.04 Å². The molecule has 0 aromatic heterocycles. The van der Waals surface area contributed by atoms with E-state index < -0.39 is 11.7 Å². The van der Waals surface area contributed by atoms with Crippen LogP contribution in [-0.4, -0.2) is 51.0 Å². The summed E-state index contributed by atoms with van der Waals surface area (Å²) in [5.74, 6) is -0.595. The Kier molecular flexibility index (Phi) is 7.31. The largest absolute Gasteiger partial charge is 0.496 e. The lowest BCUT2D eigenvalue weighted by molar-refractivity contribution is -0.120. The molecule has 2 aromatic rings. The summed E-state index contributed by atoms with van der Waals surface area (Å²) in [5.41, 5.74) is 1.12. The van der Waals surface area contributed by atoms with E-state index in [-0.39, 0.29) is 24.1 Å². The van der Waals surface area contributed by atoms with Gasteiger partial charge in [0.25, 0.3) is 5.91 Å². The van der Waals surface area contributed by atoms with Gasteiger partial charge in [-0.1, -0.05) is 24.3 Å². The molecule has 0 heterocycles. The molecule has 1 unspecified atom stereocenters. The van der Waals surface area contributed by atoms with Crippen LogP contribution in [0.1, 0.15) is 22.0 Å². The molecule has 0 fully saturated rings. The Morgan fingerprint density at radius 2 is 1.85 bits per heavy atom. The molecule has 2 aromatic carbocycles. The van der Waals surface area contributed by atoms with Gasteiger partial charge in [-0.2, -0.15) is 0 Å². The van der Waals surface area contributed by atoms with Crippen LogP contribution in [0.5, 0.6) is 5.75 Å². The quantitative estimate of drug-likeness (QED) is 0.742. The zero-order valence-corrected chi connectivity index (χ0v) is 15.7. The van der Waals surface area contributed by atoms with Gasteiger partial charge in [-0.25, -0.2) is 4.39 Å². The maximum absolute atomic E-state index is 13.2.